The van der Waals surface area contributed by atoms with E-state index < -0.39 is 0 Å². The van der Waals surface area contributed by atoms with Gasteiger partial charge in [0, 0.05) is 18.9 Å². The molecule has 0 aliphatic rings. The molecule has 92 valence electrons. The standard InChI is InChI=1S/C12H23N3S/c1-4-6-10(7-5-2)12-15-14-11(16-12)8-9-13-3/h10,13H,4-9H2,1-3H3. The fourth-order valence-corrected chi connectivity index (χ4v) is 2.86. The maximum absolute atomic E-state index is 4.35. The molecule has 0 aliphatic heterocycles. The first-order valence-electron chi connectivity index (χ1n) is 6.28. The molecule has 0 atom stereocenters. The Labute approximate surface area is 103 Å². The van der Waals surface area contributed by atoms with Crippen molar-refractivity contribution in [2.45, 2.75) is 51.9 Å². The van der Waals surface area contributed by atoms with Gasteiger partial charge < -0.3 is 5.32 Å². The molecule has 0 saturated carbocycles. The molecular weight excluding hydrogens is 218 g/mol. The number of likely N-dealkylation sites (N-methyl/N-ethyl adjacent to an activating group) is 1. The van der Waals surface area contributed by atoms with Crippen LogP contribution in [0.4, 0.5) is 0 Å². The Kier molecular flexibility index (Phi) is 6.57. The molecule has 1 rings (SSSR count). The highest BCUT2D eigenvalue weighted by molar-refractivity contribution is 7.11. The van der Waals surface area contributed by atoms with E-state index in [1.165, 1.54) is 35.7 Å². The molecule has 0 radical (unpaired) electrons. The molecule has 0 unspecified atom stereocenters. The van der Waals surface area contributed by atoms with Crippen LogP contribution in [0, 0.1) is 0 Å². The summed E-state index contributed by atoms with van der Waals surface area (Å²) in [7, 11) is 1.97. The number of hydrogen-bond acceptors (Lipinski definition) is 4. The molecule has 1 N–H and O–H groups in total. The van der Waals surface area contributed by atoms with E-state index >= 15 is 0 Å². The molecule has 3 nitrogen and oxygen atoms in total. The molecule has 0 saturated heterocycles. The fourth-order valence-electron chi connectivity index (χ4n) is 1.85. The third-order valence-electron chi connectivity index (χ3n) is 2.69. The van der Waals surface area contributed by atoms with Gasteiger partial charge in [0.1, 0.15) is 10.0 Å². The summed E-state index contributed by atoms with van der Waals surface area (Å²) in [4.78, 5) is 0. The van der Waals surface area contributed by atoms with Crippen molar-refractivity contribution in [1.29, 1.82) is 0 Å². The summed E-state index contributed by atoms with van der Waals surface area (Å²) in [5.41, 5.74) is 0. The Bertz CT molecular complexity index is 280. The molecule has 0 spiro atoms. The second-order valence-electron chi connectivity index (χ2n) is 4.16. The summed E-state index contributed by atoms with van der Waals surface area (Å²) in [6, 6.07) is 0. The smallest absolute Gasteiger partial charge is 0.120 e. The number of rotatable bonds is 8. The van der Waals surface area contributed by atoms with Crippen molar-refractivity contribution in [1.82, 2.24) is 15.5 Å². The number of nitrogens with one attached hydrogen (secondary N) is 1. The summed E-state index contributed by atoms with van der Waals surface area (Å²) >= 11 is 1.80. The van der Waals surface area contributed by atoms with Crippen molar-refractivity contribution in [3.8, 4) is 0 Å². The summed E-state index contributed by atoms with van der Waals surface area (Å²) in [6.45, 7) is 5.47. The average molecular weight is 241 g/mol. The lowest BCUT2D eigenvalue weighted by Gasteiger charge is -2.10. The number of hydrogen-bond donors (Lipinski definition) is 1. The molecule has 0 fully saturated rings. The lowest BCUT2D eigenvalue weighted by Crippen LogP contribution is -2.09. The van der Waals surface area contributed by atoms with Crippen LogP contribution in [-0.2, 0) is 6.42 Å². The van der Waals surface area contributed by atoms with E-state index in [9.17, 15) is 0 Å². The van der Waals surface area contributed by atoms with E-state index in [4.69, 9.17) is 0 Å². The van der Waals surface area contributed by atoms with Gasteiger partial charge in [-0.3, -0.25) is 0 Å². The van der Waals surface area contributed by atoms with Gasteiger partial charge in [0.25, 0.3) is 0 Å². The van der Waals surface area contributed by atoms with Gasteiger partial charge in [0.15, 0.2) is 0 Å². The normalized spacial score (nSPS) is 11.2. The Morgan fingerprint density at radius 1 is 1.19 bits per heavy atom. The van der Waals surface area contributed by atoms with Crippen LogP contribution in [0.15, 0.2) is 0 Å². The summed E-state index contributed by atoms with van der Waals surface area (Å²) in [5.74, 6) is 0.635. The van der Waals surface area contributed by atoms with Crippen molar-refractivity contribution in [2.24, 2.45) is 0 Å². The van der Waals surface area contributed by atoms with Crippen LogP contribution in [0.5, 0.6) is 0 Å². The summed E-state index contributed by atoms with van der Waals surface area (Å²) in [5, 5.41) is 14.2. The number of aromatic nitrogens is 2. The van der Waals surface area contributed by atoms with Crippen LogP contribution in [0.25, 0.3) is 0 Å². The SMILES string of the molecule is CCCC(CCC)c1nnc(CCNC)s1. The minimum Gasteiger partial charge on any atom is -0.319 e. The minimum absolute atomic E-state index is 0.635. The van der Waals surface area contributed by atoms with Crippen LogP contribution in [0.3, 0.4) is 0 Å². The zero-order valence-electron chi connectivity index (χ0n) is 10.6. The zero-order chi connectivity index (χ0) is 11.8. The molecule has 0 amide bonds. The van der Waals surface area contributed by atoms with Gasteiger partial charge in [-0.25, -0.2) is 0 Å². The van der Waals surface area contributed by atoms with Crippen LogP contribution in [0.1, 0.15) is 55.5 Å². The Hall–Kier alpha value is -0.480. The van der Waals surface area contributed by atoms with Crippen molar-refractivity contribution >= 4 is 11.3 Å². The molecule has 16 heavy (non-hydrogen) atoms. The maximum Gasteiger partial charge on any atom is 0.120 e. The molecular formula is C12H23N3S. The molecule has 4 heteroatoms. The quantitative estimate of drug-likeness (QED) is 0.760. The van der Waals surface area contributed by atoms with Gasteiger partial charge in [-0.05, 0) is 19.9 Å². The van der Waals surface area contributed by atoms with E-state index in [-0.39, 0.29) is 0 Å². The lowest BCUT2D eigenvalue weighted by molar-refractivity contribution is 0.554. The van der Waals surface area contributed by atoms with Crippen molar-refractivity contribution in [2.75, 3.05) is 13.6 Å². The Morgan fingerprint density at radius 2 is 1.88 bits per heavy atom. The van der Waals surface area contributed by atoms with Crippen molar-refractivity contribution in [3.05, 3.63) is 10.0 Å². The predicted octanol–water partition coefficient (Wildman–Crippen LogP) is 2.98. The van der Waals surface area contributed by atoms with Crippen LogP contribution in [-0.4, -0.2) is 23.8 Å². The topological polar surface area (TPSA) is 37.8 Å². The first-order chi connectivity index (χ1) is 7.81. The Balaban J connectivity index is 2.58. The highest BCUT2D eigenvalue weighted by Crippen LogP contribution is 2.28. The van der Waals surface area contributed by atoms with Crippen LogP contribution >= 0.6 is 11.3 Å². The highest BCUT2D eigenvalue weighted by Gasteiger charge is 2.14. The molecule has 0 bridgehead atoms. The molecule has 0 aromatic carbocycles. The molecule has 1 heterocycles. The van der Waals surface area contributed by atoms with E-state index in [0.717, 1.165) is 13.0 Å². The van der Waals surface area contributed by atoms with Gasteiger partial charge in [-0.1, -0.05) is 26.7 Å². The highest BCUT2D eigenvalue weighted by atomic mass is 32.1. The van der Waals surface area contributed by atoms with E-state index in [1.807, 2.05) is 7.05 Å². The van der Waals surface area contributed by atoms with Crippen molar-refractivity contribution in [3.63, 3.8) is 0 Å². The van der Waals surface area contributed by atoms with Gasteiger partial charge in [-0.15, -0.1) is 21.5 Å². The monoisotopic (exact) mass is 241 g/mol. The first-order valence-corrected chi connectivity index (χ1v) is 7.10. The molecule has 1 aromatic rings. The van der Waals surface area contributed by atoms with E-state index in [1.54, 1.807) is 11.3 Å². The second kappa shape index (κ2) is 7.74. The van der Waals surface area contributed by atoms with Crippen LogP contribution < -0.4 is 5.32 Å². The first kappa shape index (κ1) is 13.6. The van der Waals surface area contributed by atoms with Gasteiger partial charge in [-0.2, -0.15) is 0 Å². The predicted molar refractivity (Wildman–Crippen MR) is 70.1 cm³/mol. The second-order valence-corrected chi connectivity index (χ2v) is 5.26. The summed E-state index contributed by atoms with van der Waals surface area (Å²) in [6.07, 6.45) is 5.95. The van der Waals surface area contributed by atoms with Gasteiger partial charge in [0.05, 0.1) is 0 Å². The third kappa shape index (κ3) is 4.18. The third-order valence-corrected chi connectivity index (χ3v) is 3.84. The van der Waals surface area contributed by atoms with E-state index in [2.05, 4.69) is 29.4 Å². The zero-order valence-corrected chi connectivity index (χ0v) is 11.4. The van der Waals surface area contributed by atoms with E-state index in [0.29, 0.717) is 5.92 Å². The summed E-state index contributed by atoms with van der Waals surface area (Å²) < 4.78 is 0. The molecule has 1 aromatic heterocycles. The average Bonchev–Trinajstić information content (AvgIpc) is 2.74. The minimum atomic E-state index is 0.635. The van der Waals surface area contributed by atoms with Gasteiger partial charge in [0.2, 0.25) is 0 Å². The van der Waals surface area contributed by atoms with Crippen LogP contribution in [0.2, 0.25) is 0 Å². The van der Waals surface area contributed by atoms with Crippen molar-refractivity contribution < 1.29 is 0 Å². The number of nitrogens with zero attached hydrogens (tertiary/aromatic N) is 2. The maximum atomic E-state index is 4.35. The lowest BCUT2D eigenvalue weighted by atomic mass is 9.99. The fraction of sp³-hybridized carbons (Fsp3) is 0.833. The Morgan fingerprint density at radius 3 is 2.44 bits per heavy atom. The molecule has 0 aliphatic carbocycles. The van der Waals surface area contributed by atoms with Gasteiger partial charge >= 0.3 is 0 Å². The largest absolute Gasteiger partial charge is 0.319 e.